The van der Waals surface area contributed by atoms with Gasteiger partial charge in [0.15, 0.2) is 5.78 Å². The van der Waals surface area contributed by atoms with E-state index in [1.54, 1.807) is 13.8 Å². The van der Waals surface area contributed by atoms with Gasteiger partial charge in [-0.2, -0.15) is 17.5 Å². The molecule has 0 aliphatic carbocycles. The third-order valence-electron chi connectivity index (χ3n) is 7.34. The van der Waals surface area contributed by atoms with E-state index in [0.29, 0.717) is 6.20 Å². The Bertz CT molecular complexity index is 1960. The Hall–Kier alpha value is -4.15. The Morgan fingerprint density at radius 2 is 1.89 bits per heavy atom. The molecule has 1 aliphatic heterocycles. The molecule has 0 bridgehead atoms. The van der Waals surface area contributed by atoms with E-state index in [1.165, 1.54) is 6.07 Å². The number of aromatic nitrogens is 3. The number of nitrogens with zero attached hydrogens (tertiary/aromatic N) is 4. The number of aliphatic hydroxyl groups excluding tert-OH is 1. The molecule has 3 aromatic heterocycles. The number of aliphatic hydroxyl groups is 1. The van der Waals surface area contributed by atoms with Crippen LogP contribution in [0.15, 0.2) is 67.9 Å². The number of alkyl halides is 3. The number of carbonyl (C=O) groups is 1. The molecule has 2 atom stereocenters. The average Bonchev–Trinajstić information content (AvgIpc) is 3.56. The Morgan fingerprint density at radius 1 is 1.16 bits per heavy atom. The molecular formula is C28H26F4N4O7S. The molecule has 1 aromatic carbocycles. The first-order chi connectivity index (χ1) is 20.6. The van der Waals surface area contributed by atoms with Crippen LogP contribution in [0.1, 0.15) is 43.9 Å². The number of halogens is 4. The number of pyridine rings is 1. The van der Waals surface area contributed by atoms with Crippen molar-refractivity contribution in [2.45, 2.75) is 62.6 Å². The van der Waals surface area contributed by atoms with E-state index in [1.807, 2.05) is 0 Å². The van der Waals surface area contributed by atoms with E-state index < -0.39 is 74.3 Å². The molecule has 5 rings (SSSR count). The Morgan fingerprint density at radius 3 is 2.52 bits per heavy atom. The highest BCUT2D eigenvalue weighted by Crippen LogP contribution is 2.32. The second-order valence-electron chi connectivity index (χ2n) is 10.6. The molecule has 1 fully saturated rings. The lowest BCUT2D eigenvalue weighted by Crippen LogP contribution is -2.45. The first-order valence-electron chi connectivity index (χ1n) is 13.4. The normalized spacial score (nSPS) is 18.0. The summed E-state index contributed by atoms with van der Waals surface area (Å²) in [5, 5.41) is 10.2. The Balaban J connectivity index is 1.43. The molecule has 1 N–H and O–H groups in total. The van der Waals surface area contributed by atoms with Crippen LogP contribution < -0.4 is 11.2 Å². The summed E-state index contributed by atoms with van der Waals surface area (Å²) in [6.45, 7) is 2.88. The van der Waals surface area contributed by atoms with Crippen molar-refractivity contribution in [1.82, 2.24) is 18.4 Å². The van der Waals surface area contributed by atoms with E-state index in [4.69, 9.17) is 4.42 Å². The molecule has 1 saturated heterocycles. The van der Waals surface area contributed by atoms with E-state index in [-0.39, 0.29) is 41.7 Å². The summed E-state index contributed by atoms with van der Waals surface area (Å²) in [6.07, 6.45) is -5.17. The number of sulfonamides is 1. The maximum absolute atomic E-state index is 13.6. The van der Waals surface area contributed by atoms with Crippen molar-refractivity contribution in [2.24, 2.45) is 0 Å². The molecule has 0 spiro atoms. The Labute approximate surface area is 247 Å². The molecule has 16 heteroatoms. The van der Waals surface area contributed by atoms with Crippen molar-refractivity contribution in [3.05, 3.63) is 86.6 Å². The van der Waals surface area contributed by atoms with Gasteiger partial charge in [-0.1, -0.05) is 0 Å². The monoisotopic (exact) mass is 638 g/mol. The SMILES string of the molecule is CC(C)n1c(=O)c(CCC(=O)[C@@H]2[C@@H](O)CCN2S(=O)(=O)c2cc3cc(F)ccc3o2)cn(-c2ccc(C(F)(F)F)cn2)c1=O. The summed E-state index contributed by atoms with van der Waals surface area (Å²) >= 11 is 0. The molecule has 1 aliphatic rings. The highest BCUT2D eigenvalue weighted by molar-refractivity contribution is 7.89. The van der Waals surface area contributed by atoms with Crippen LogP contribution in [0, 0.1) is 5.82 Å². The van der Waals surface area contributed by atoms with Gasteiger partial charge >= 0.3 is 11.9 Å². The number of hydrogen-bond donors (Lipinski definition) is 1. The van der Waals surface area contributed by atoms with Crippen molar-refractivity contribution < 1.29 is 40.3 Å². The van der Waals surface area contributed by atoms with Crippen molar-refractivity contribution in [1.29, 1.82) is 0 Å². The van der Waals surface area contributed by atoms with Gasteiger partial charge in [-0.25, -0.2) is 22.6 Å². The number of aryl methyl sites for hydroxylation is 1. The van der Waals surface area contributed by atoms with E-state index in [9.17, 15) is 45.5 Å². The number of benzene rings is 1. The fourth-order valence-electron chi connectivity index (χ4n) is 5.14. The van der Waals surface area contributed by atoms with Crippen LogP contribution in [0.5, 0.6) is 0 Å². The molecule has 0 amide bonds. The molecule has 234 valence electrons. The minimum atomic E-state index is -4.66. The fourth-order valence-corrected chi connectivity index (χ4v) is 6.75. The second-order valence-corrected chi connectivity index (χ2v) is 12.4. The summed E-state index contributed by atoms with van der Waals surface area (Å²) in [6, 6.07) is 4.08. The van der Waals surface area contributed by atoms with Gasteiger partial charge in [0, 0.05) is 48.4 Å². The molecule has 4 aromatic rings. The van der Waals surface area contributed by atoms with Crippen LogP contribution in [0.2, 0.25) is 0 Å². The summed E-state index contributed by atoms with van der Waals surface area (Å²) in [4.78, 5) is 43.4. The van der Waals surface area contributed by atoms with Crippen LogP contribution in [0.25, 0.3) is 16.8 Å². The minimum absolute atomic E-state index is 0.0604. The molecule has 11 nitrogen and oxygen atoms in total. The molecular weight excluding hydrogens is 612 g/mol. The first-order valence-corrected chi connectivity index (χ1v) is 14.9. The van der Waals surface area contributed by atoms with Crippen LogP contribution in [0.4, 0.5) is 17.6 Å². The number of ketones is 1. The topological polar surface area (TPSA) is 145 Å². The van der Waals surface area contributed by atoms with Crippen LogP contribution in [0.3, 0.4) is 0 Å². The predicted molar refractivity (Wildman–Crippen MR) is 147 cm³/mol. The van der Waals surface area contributed by atoms with Crippen LogP contribution >= 0.6 is 0 Å². The van der Waals surface area contributed by atoms with Crippen molar-refractivity contribution in [3.8, 4) is 5.82 Å². The Kier molecular flexibility index (Phi) is 8.11. The van der Waals surface area contributed by atoms with Gasteiger partial charge in [0.25, 0.3) is 15.6 Å². The van der Waals surface area contributed by atoms with Gasteiger partial charge < -0.3 is 9.52 Å². The van der Waals surface area contributed by atoms with Crippen molar-refractivity contribution >= 4 is 26.8 Å². The fraction of sp³-hybridized carbons (Fsp3) is 0.357. The number of Topliss-reactive ketones (excluding diaryl/α,β-unsaturated/α-hetero) is 1. The summed E-state index contributed by atoms with van der Waals surface area (Å²) < 4.78 is 87.5. The molecule has 4 heterocycles. The van der Waals surface area contributed by atoms with Crippen LogP contribution in [-0.4, -0.2) is 56.4 Å². The molecule has 0 saturated carbocycles. The van der Waals surface area contributed by atoms with Gasteiger partial charge in [0.2, 0.25) is 5.09 Å². The highest BCUT2D eigenvalue weighted by Gasteiger charge is 2.46. The van der Waals surface area contributed by atoms with Crippen LogP contribution in [-0.2, 0) is 27.4 Å². The minimum Gasteiger partial charge on any atom is -0.443 e. The second kappa shape index (κ2) is 11.4. The van der Waals surface area contributed by atoms with E-state index >= 15 is 0 Å². The lowest BCUT2D eigenvalue weighted by molar-refractivity contribution is -0.137. The number of carbonyl (C=O) groups excluding carboxylic acids is 1. The maximum atomic E-state index is 13.6. The number of furan rings is 1. The zero-order valence-corrected chi connectivity index (χ0v) is 24.1. The average molecular weight is 639 g/mol. The van der Waals surface area contributed by atoms with Gasteiger partial charge in [-0.15, -0.1) is 0 Å². The summed E-state index contributed by atoms with van der Waals surface area (Å²) in [5.74, 6) is -1.52. The lowest BCUT2D eigenvalue weighted by Gasteiger charge is -2.23. The molecule has 0 radical (unpaired) electrons. The predicted octanol–water partition coefficient (Wildman–Crippen LogP) is 3.21. The highest BCUT2D eigenvalue weighted by atomic mass is 32.2. The lowest BCUT2D eigenvalue weighted by atomic mass is 10.0. The number of rotatable bonds is 8. The van der Waals surface area contributed by atoms with Crippen molar-refractivity contribution in [2.75, 3.05) is 6.54 Å². The zero-order chi connectivity index (χ0) is 32.1. The molecule has 44 heavy (non-hydrogen) atoms. The van der Waals surface area contributed by atoms with Gasteiger partial charge in [0.1, 0.15) is 23.3 Å². The van der Waals surface area contributed by atoms with E-state index in [0.717, 1.165) is 50.0 Å². The van der Waals surface area contributed by atoms with Gasteiger partial charge in [0.05, 0.1) is 11.7 Å². The van der Waals surface area contributed by atoms with E-state index in [2.05, 4.69) is 4.98 Å². The van der Waals surface area contributed by atoms with Crippen molar-refractivity contribution in [3.63, 3.8) is 0 Å². The third kappa shape index (κ3) is 5.71. The standard InChI is InChI=1S/C28H26F4N4O7S/c1-15(2)36-26(39)16(14-34(27(36)40)23-8-4-18(13-33-23)28(30,31)32)3-6-20(37)25-21(38)9-10-35(25)44(41,42)24-12-17-11-19(29)5-7-22(17)43-24/h4-5,7-8,11-15,21,25,38H,3,6,9-10H2,1-2H3/t21-,25+/m0/s1. The summed E-state index contributed by atoms with van der Waals surface area (Å²) in [5.41, 5.74) is -2.60. The maximum Gasteiger partial charge on any atom is 0.417 e. The zero-order valence-electron chi connectivity index (χ0n) is 23.3. The third-order valence-corrected chi connectivity index (χ3v) is 9.08. The largest absolute Gasteiger partial charge is 0.443 e. The quantitative estimate of drug-likeness (QED) is 0.290. The smallest absolute Gasteiger partial charge is 0.417 e. The van der Waals surface area contributed by atoms with Gasteiger partial charge in [-0.3, -0.25) is 18.7 Å². The summed E-state index contributed by atoms with van der Waals surface area (Å²) in [7, 11) is -4.45. The number of fused-ring (bicyclic) bond motifs is 1. The van der Waals surface area contributed by atoms with Gasteiger partial charge in [-0.05, 0) is 57.0 Å². The number of hydrogen-bond acceptors (Lipinski definition) is 8. The first kappa shape index (κ1) is 31.3. The molecule has 0 unspecified atom stereocenters.